The van der Waals surface area contributed by atoms with Gasteiger partial charge in [0.05, 0.1) is 6.42 Å². The molecular formula is C19H32N4O5S2. The van der Waals surface area contributed by atoms with Gasteiger partial charge in [-0.25, -0.2) is 4.79 Å². The molecule has 0 aromatic heterocycles. The molecule has 170 valence electrons. The molecule has 0 aromatic carbocycles. The van der Waals surface area contributed by atoms with E-state index in [0.717, 1.165) is 0 Å². The van der Waals surface area contributed by atoms with Crippen molar-refractivity contribution in [3.05, 3.63) is 0 Å². The van der Waals surface area contributed by atoms with Crippen LogP contribution >= 0.6 is 0 Å². The van der Waals surface area contributed by atoms with Crippen molar-refractivity contribution >= 4 is 33.5 Å². The van der Waals surface area contributed by atoms with Gasteiger partial charge in [-0.3, -0.25) is 18.5 Å². The van der Waals surface area contributed by atoms with E-state index in [2.05, 4.69) is 10.2 Å². The van der Waals surface area contributed by atoms with Crippen LogP contribution in [0.2, 0.25) is 0 Å². The molecule has 2 unspecified atom stereocenters. The molecule has 0 aromatic rings. The van der Waals surface area contributed by atoms with Gasteiger partial charge in [0.25, 0.3) is 0 Å². The van der Waals surface area contributed by atoms with Crippen molar-refractivity contribution in [3.63, 3.8) is 0 Å². The fraction of sp³-hybridized carbons (Fsp3) is 0.789. The second-order valence-electron chi connectivity index (χ2n) is 8.58. The van der Waals surface area contributed by atoms with E-state index in [4.69, 9.17) is 10.5 Å². The van der Waals surface area contributed by atoms with Gasteiger partial charge in [-0.05, 0) is 30.1 Å². The summed E-state index contributed by atoms with van der Waals surface area (Å²) in [6, 6.07) is 0. The lowest BCUT2D eigenvalue weighted by molar-refractivity contribution is -0.150. The lowest BCUT2D eigenvalue weighted by Gasteiger charge is -2.23. The molecule has 0 fully saturated rings. The van der Waals surface area contributed by atoms with Crippen LogP contribution < -0.4 is 10.8 Å². The van der Waals surface area contributed by atoms with Crippen molar-refractivity contribution in [2.75, 3.05) is 23.0 Å². The molecule has 0 heterocycles. The molecule has 0 saturated heterocycles. The monoisotopic (exact) mass is 460 g/mol. The average Bonchev–Trinajstić information content (AvgIpc) is 2.62. The number of rotatable bonds is 15. The lowest BCUT2D eigenvalue weighted by Crippen LogP contribution is -2.27. The highest BCUT2D eigenvalue weighted by atomic mass is 32.2. The van der Waals surface area contributed by atoms with Gasteiger partial charge in [0, 0.05) is 51.0 Å². The predicted octanol–water partition coefficient (Wildman–Crippen LogP) is 1.61. The normalized spacial score (nSPS) is 13.4. The summed E-state index contributed by atoms with van der Waals surface area (Å²) < 4.78 is 24.4. The van der Waals surface area contributed by atoms with Crippen molar-refractivity contribution in [2.24, 2.45) is 10.8 Å². The first kappa shape index (κ1) is 28.0. The number of carbonyl (C=O) groups excluding carboxylic acids is 2. The Morgan fingerprint density at radius 2 is 1.37 bits per heavy atom. The summed E-state index contributed by atoms with van der Waals surface area (Å²) in [5, 5.41) is 18.9. The van der Waals surface area contributed by atoms with Crippen molar-refractivity contribution in [3.8, 4) is 12.4 Å². The van der Waals surface area contributed by atoms with E-state index in [1.54, 1.807) is 6.19 Å². The number of nitrogens with zero attached hydrogens (tertiary/aromatic N) is 2. The van der Waals surface area contributed by atoms with Gasteiger partial charge < -0.3 is 4.84 Å². The zero-order valence-electron chi connectivity index (χ0n) is 18.1. The molecule has 0 aliphatic carbocycles. The Morgan fingerprint density at radius 3 is 1.83 bits per heavy atom. The number of hydroxylamine groups is 1. The third-order valence-corrected chi connectivity index (χ3v) is 7.23. The molecule has 0 bridgehead atoms. The molecule has 2 atom stereocenters. The maximum Gasteiger partial charge on any atom is 0.333 e. The van der Waals surface area contributed by atoms with Crippen LogP contribution in [-0.2, 0) is 36.0 Å². The van der Waals surface area contributed by atoms with Crippen LogP contribution in [-0.4, -0.2) is 43.3 Å². The summed E-state index contributed by atoms with van der Waals surface area (Å²) in [5.41, 5.74) is 1.08. The second-order valence-corrected chi connectivity index (χ2v) is 12.0. The summed E-state index contributed by atoms with van der Waals surface area (Å²) in [4.78, 5) is 27.6. The standard InChI is InChI=1S/C19H32N4O5S2/c1-18(2,12-16(24)22-14-20)6-10-29(26)8-5-9-30(27)11-7-19(3,4)13-17(25)28-23-15-21/h23H,5-13H2,1-4H3,(H,22,24). The Hall–Kier alpha value is -1.98. The van der Waals surface area contributed by atoms with Crippen LogP contribution in [0.25, 0.3) is 0 Å². The minimum Gasteiger partial charge on any atom is -0.334 e. The molecule has 11 heteroatoms. The van der Waals surface area contributed by atoms with Crippen LogP contribution in [0.3, 0.4) is 0 Å². The number of hydrogen-bond acceptors (Lipinski definition) is 8. The van der Waals surface area contributed by atoms with Gasteiger partial charge in [-0.1, -0.05) is 27.7 Å². The molecule has 0 aliphatic heterocycles. The van der Waals surface area contributed by atoms with Crippen molar-refractivity contribution in [2.45, 2.75) is 59.8 Å². The maximum atomic E-state index is 12.2. The van der Waals surface area contributed by atoms with Crippen LogP contribution in [0, 0.1) is 33.7 Å². The first-order valence-electron chi connectivity index (χ1n) is 9.62. The highest BCUT2D eigenvalue weighted by Crippen LogP contribution is 2.26. The molecule has 0 spiro atoms. The Balaban J connectivity index is 4.11. The summed E-state index contributed by atoms with van der Waals surface area (Å²) >= 11 is 0. The van der Waals surface area contributed by atoms with E-state index >= 15 is 0 Å². The topological polar surface area (TPSA) is 149 Å². The first-order chi connectivity index (χ1) is 13.9. The number of amides is 1. The van der Waals surface area contributed by atoms with E-state index in [1.807, 2.05) is 33.2 Å². The minimum absolute atomic E-state index is 0.102. The summed E-state index contributed by atoms with van der Waals surface area (Å²) in [5.74, 6) is 0.875. The van der Waals surface area contributed by atoms with Gasteiger partial charge in [-0.15, -0.1) is 0 Å². The third kappa shape index (κ3) is 14.9. The van der Waals surface area contributed by atoms with Gasteiger partial charge in [-0.2, -0.15) is 16.0 Å². The molecular weight excluding hydrogens is 428 g/mol. The lowest BCUT2D eigenvalue weighted by atomic mass is 9.86. The molecule has 2 N–H and O–H groups in total. The van der Waals surface area contributed by atoms with Gasteiger partial charge in [0.2, 0.25) is 12.1 Å². The predicted molar refractivity (Wildman–Crippen MR) is 115 cm³/mol. The summed E-state index contributed by atoms with van der Waals surface area (Å²) in [6.45, 7) is 7.52. The maximum absolute atomic E-state index is 12.2. The minimum atomic E-state index is -1.07. The smallest absolute Gasteiger partial charge is 0.333 e. The molecule has 0 rings (SSSR count). The largest absolute Gasteiger partial charge is 0.334 e. The van der Waals surface area contributed by atoms with Gasteiger partial charge >= 0.3 is 5.97 Å². The zero-order chi connectivity index (χ0) is 23.2. The quantitative estimate of drug-likeness (QED) is 0.213. The van der Waals surface area contributed by atoms with Crippen LogP contribution in [0.4, 0.5) is 0 Å². The van der Waals surface area contributed by atoms with E-state index in [1.165, 1.54) is 6.19 Å². The molecule has 0 aliphatic rings. The van der Waals surface area contributed by atoms with Crippen molar-refractivity contribution in [1.82, 2.24) is 10.8 Å². The molecule has 9 nitrogen and oxygen atoms in total. The average molecular weight is 461 g/mol. The zero-order valence-corrected chi connectivity index (χ0v) is 19.7. The Bertz CT molecular complexity index is 711. The van der Waals surface area contributed by atoms with Gasteiger partial charge in [0.1, 0.15) is 0 Å². The van der Waals surface area contributed by atoms with E-state index < -0.39 is 33.0 Å². The van der Waals surface area contributed by atoms with Crippen LogP contribution in [0.15, 0.2) is 0 Å². The Kier molecular flexibility index (Phi) is 13.2. The van der Waals surface area contributed by atoms with Crippen LogP contribution in [0.5, 0.6) is 0 Å². The van der Waals surface area contributed by atoms with Crippen LogP contribution in [0.1, 0.15) is 59.8 Å². The van der Waals surface area contributed by atoms with E-state index in [-0.39, 0.29) is 24.2 Å². The Morgan fingerprint density at radius 1 is 0.867 bits per heavy atom. The van der Waals surface area contributed by atoms with Crippen molar-refractivity contribution in [1.29, 1.82) is 10.5 Å². The number of carbonyl (C=O) groups is 2. The fourth-order valence-corrected chi connectivity index (χ4v) is 5.67. The summed E-state index contributed by atoms with van der Waals surface area (Å²) in [7, 11) is -2.13. The molecule has 0 radical (unpaired) electrons. The summed E-state index contributed by atoms with van der Waals surface area (Å²) in [6.07, 6.45) is 5.12. The molecule has 30 heavy (non-hydrogen) atoms. The highest BCUT2D eigenvalue weighted by Gasteiger charge is 2.24. The third-order valence-electron chi connectivity index (χ3n) is 4.42. The molecule has 1 amide bonds. The SMILES string of the molecule is CC(C)(CCS(=O)CCCS(=O)CCC(C)(C)CC(=O)ONC#N)CC(=O)NC#N. The first-order valence-corrected chi connectivity index (χ1v) is 12.6. The Labute approximate surface area is 183 Å². The highest BCUT2D eigenvalue weighted by molar-refractivity contribution is 7.85. The number of nitrogens with one attached hydrogen (secondary N) is 2. The number of hydrogen-bond donors (Lipinski definition) is 2. The fourth-order valence-electron chi connectivity index (χ4n) is 2.59. The van der Waals surface area contributed by atoms with E-state index in [9.17, 15) is 18.0 Å². The molecule has 0 saturated carbocycles. The second kappa shape index (κ2) is 14.1. The van der Waals surface area contributed by atoms with E-state index in [0.29, 0.717) is 42.3 Å². The van der Waals surface area contributed by atoms with Gasteiger partial charge in [0.15, 0.2) is 6.19 Å². The number of nitriles is 2. The van der Waals surface area contributed by atoms with Crippen molar-refractivity contribution < 1.29 is 22.8 Å².